The largest absolute Gasteiger partial charge is 0.358 e. The van der Waals surface area contributed by atoms with E-state index in [4.69, 9.17) is 9.92 Å². The maximum atomic E-state index is 4.84. The van der Waals surface area contributed by atoms with Crippen molar-refractivity contribution in [3.63, 3.8) is 0 Å². The van der Waals surface area contributed by atoms with Crippen molar-refractivity contribution in [2.75, 3.05) is 22.1 Å². The first kappa shape index (κ1) is 29.8. The van der Waals surface area contributed by atoms with Crippen molar-refractivity contribution in [3.8, 4) is 5.82 Å². The molecule has 1 aliphatic rings. The maximum absolute atomic E-state index is 4.84. The second-order valence-electron chi connectivity index (χ2n) is 11.6. The summed E-state index contributed by atoms with van der Waals surface area (Å²) < 4.78 is 2.24. The van der Waals surface area contributed by atoms with Crippen molar-refractivity contribution in [3.05, 3.63) is 145 Å². The number of benzene rings is 5. The van der Waals surface area contributed by atoms with E-state index in [1.807, 2.05) is 47.6 Å². The number of pyridine rings is 1. The van der Waals surface area contributed by atoms with Crippen molar-refractivity contribution < 1.29 is 26.0 Å². The average molecular weight is 782 g/mol. The van der Waals surface area contributed by atoms with E-state index in [9.17, 15) is 0 Å². The zero-order valence-corrected chi connectivity index (χ0v) is 28.0. The summed E-state index contributed by atoms with van der Waals surface area (Å²) in [6, 6.07) is 49.5. The van der Waals surface area contributed by atoms with Crippen LogP contribution in [0.4, 0.5) is 34.1 Å². The van der Waals surface area contributed by atoms with E-state index in [1.165, 1.54) is 10.9 Å². The molecule has 0 bridgehead atoms. The molecule has 7 aromatic rings. The topological polar surface area (TPSA) is 40.3 Å². The molecule has 2 aromatic heterocycles. The van der Waals surface area contributed by atoms with Crippen molar-refractivity contribution in [1.29, 1.82) is 0 Å². The first-order chi connectivity index (χ1) is 22.1. The molecule has 5 aromatic carbocycles. The van der Waals surface area contributed by atoms with E-state index in [1.54, 1.807) is 0 Å². The number of hydrogen-bond acceptors (Lipinski definition) is 4. The molecule has 230 valence electrons. The normalized spacial score (nSPS) is 12.5. The van der Waals surface area contributed by atoms with Gasteiger partial charge in [0.25, 0.3) is 0 Å². The van der Waals surface area contributed by atoms with Crippen LogP contribution in [-0.2, 0) is 21.1 Å². The Morgan fingerprint density at radius 1 is 0.717 bits per heavy atom. The fourth-order valence-corrected chi connectivity index (χ4v) is 6.18. The maximum Gasteiger partial charge on any atom is 0.145 e. The molecule has 0 saturated carbocycles. The molecule has 1 aliphatic heterocycles. The van der Waals surface area contributed by atoms with Crippen molar-refractivity contribution in [1.82, 2.24) is 9.55 Å². The molecule has 0 fully saturated rings. The molecule has 0 aliphatic carbocycles. The fourth-order valence-electron chi connectivity index (χ4n) is 6.18. The number of hydrogen-bond donors (Lipinski definition) is 0. The van der Waals surface area contributed by atoms with Gasteiger partial charge in [0.2, 0.25) is 0 Å². The first-order valence-corrected chi connectivity index (χ1v) is 15.2. The van der Waals surface area contributed by atoms with Crippen LogP contribution in [-0.4, -0.2) is 21.5 Å². The third kappa shape index (κ3) is 5.04. The summed E-state index contributed by atoms with van der Waals surface area (Å²) in [7, 11) is 1.97. The standard InChI is InChI=1S/C39H31N5O.Pt/c1-27(2)28-22-23-40-39(24-28)43-35-17-8-7-16-33(35)34-21-20-31(26-38(34)43)42(29-12-5-4-6-13-29)30-14-11-15-32(25-30)44-37-19-10-9-18-36(37)41(3)45-44;/h4-24,27H,1-3H3;/q-2;/p+1. The minimum absolute atomic E-state index is 0. The van der Waals surface area contributed by atoms with Crippen LogP contribution in [0.15, 0.2) is 128 Å². The summed E-state index contributed by atoms with van der Waals surface area (Å²) in [6.07, 6.45) is 1.91. The molecule has 8 rings (SSSR count). The Kier molecular flexibility index (Phi) is 7.85. The van der Waals surface area contributed by atoms with Crippen LogP contribution in [0.3, 0.4) is 0 Å². The fraction of sp³-hybridized carbons (Fsp3) is 0.103. The predicted octanol–water partition coefficient (Wildman–Crippen LogP) is 9.80. The van der Waals surface area contributed by atoms with Gasteiger partial charge in [0, 0.05) is 44.2 Å². The molecule has 0 radical (unpaired) electrons. The van der Waals surface area contributed by atoms with Crippen LogP contribution in [0.1, 0.15) is 25.3 Å². The quantitative estimate of drug-likeness (QED) is 0.125. The van der Waals surface area contributed by atoms with E-state index < -0.39 is 0 Å². The van der Waals surface area contributed by atoms with Gasteiger partial charge in [0.1, 0.15) is 17.2 Å². The molecule has 0 spiro atoms. The smallest absolute Gasteiger partial charge is 0.145 e. The molecule has 3 heterocycles. The number of anilines is 6. The van der Waals surface area contributed by atoms with Crippen LogP contribution in [0.25, 0.3) is 27.6 Å². The van der Waals surface area contributed by atoms with Gasteiger partial charge in [-0.2, -0.15) is 17.1 Å². The van der Waals surface area contributed by atoms with Crippen LogP contribution in [0, 0.1) is 12.1 Å². The van der Waals surface area contributed by atoms with Crippen LogP contribution in [0.2, 0.25) is 0 Å². The molecular formula is C39H32N5OPt-. The van der Waals surface area contributed by atoms with Crippen LogP contribution in [0.5, 0.6) is 0 Å². The third-order valence-corrected chi connectivity index (χ3v) is 8.40. The summed E-state index contributed by atoms with van der Waals surface area (Å²) in [4.78, 5) is 11.8. The van der Waals surface area contributed by atoms with E-state index in [0.29, 0.717) is 5.92 Å². The Morgan fingerprint density at radius 2 is 1.46 bits per heavy atom. The molecule has 0 atom stereocenters. The van der Waals surface area contributed by atoms with Crippen LogP contribution < -0.4 is 15.0 Å². The molecule has 1 N–H and O–H groups in total. The number of hydroxylamine groups is 1. The van der Waals surface area contributed by atoms with Gasteiger partial charge in [-0.25, -0.2) is 4.98 Å². The molecule has 7 heteroatoms. The molecule has 0 amide bonds. The van der Waals surface area contributed by atoms with Gasteiger partial charge in [-0.05, 0) is 59.3 Å². The number of rotatable bonds is 6. The molecule has 6 nitrogen and oxygen atoms in total. The second kappa shape index (κ2) is 12.1. The Hall–Kier alpha value is -4.90. The van der Waals surface area contributed by atoms with Gasteiger partial charge in [0.05, 0.1) is 7.05 Å². The van der Waals surface area contributed by atoms with Gasteiger partial charge < -0.3 is 9.47 Å². The minimum Gasteiger partial charge on any atom is -0.358 e. The average Bonchev–Trinajstić information content (AvgIpc) is 3.60. The monoisotopic (exact) mass is 781 g/mol. The van der Waals surface area contributed by atoms with Gasteiger partial charge in [-0.15, -0.1) is 45.8 Å². The predicted molar refractivity (Wildman–Crippen MR) is 184 cm³/mol. The zero-order valence-electron chi connectivity index (χ0n) is 25.7. The van der Waals surface area contributed by atoms with Gasteiger partial charge in [-0.1, -0.05) is 79.3 Å². The number of aromatic nitrogens is 2. The van der Waals surface area contributed by atoms with Gasteiger partial charge >= 0.3 is 0 Å². The Morgan fingerprint density at radius 3 is 2.28 bits per heavy atom. The van der Waals surface area contributed by atoms with E-state index in [0.717, 1.165) is 56.4 Å². The molecule has 46 heavy (non-hydrogen) atoms. The number of nitrogens with zero attached hydrogens (tertiary/aromatic N) is 5. The molecule has 0 unspecified atom stereocenters. The zero-order chi connectivity index (χ0) is 30.5. The van der Waals surface area contributed by atoms with E-state index in [2.05, 4.69) is 133 Å². The Bertz CT molecular complexity index is 2180. The summed E-state index contributed by atoms with van der Waals surface area (Å²) in [5.74, 6) is 1.28. The van der Waals surface area contributed by atoms with Crippen molar-refractivity contribution >= 4 is 55.9 Å². The second-order valence-corrected chi connectivity index (χ2v) is 11.6. The van der Waals surface area contributed by atoms with Gasteiger partial charge in [-0.3, -0.25) is 0 Å². The third-order valence-electron chi connectivity index (χ3n) is 8.40. The first-order valence-electron chi connectivity index (χ1n) is 15.2. The SMILES string of the molecule is CC(C)c1ccnc(-n2c3[c-]c(N(c4[c-]c(N5[OH+]N(C)c6ccccc65)ccc4)c4ccccc4)ccc3c3ccccc32)c1.[Pt]. The number of fused-ring (bicyclic) bond motifs is 4. The number of para-hydroxylation sites is 4. The van der Waals surface area contributed by atoms with Gasteiger partial charge in [0.15, 0.2) is 0 Å². The summed E-state index contributed by atoms with van der Waals surface area (Å²) in [5, 5.41) is 6.14. The Labute approximate surface area is 283 Å². The summed E-state index contributed by atoms with van der Waals surface area (Å²) in [6.45, 7) is 4.42. The van der Waals surface area contributed by atoms with Crippen molar-refractivity contribution in [2.45, 2.75) is 19.8 Å². The van der Waals surface area contributed by atoms with Crippen LogP contribution >= 0.6 is 0 Å². The minimum atomic E-state index is 0. The summed E-state index contributed by atoms with van der Waals surface area (Å²) in [5.41, 5.74) is 9.07. The summed E-state index contributed by atoms with van der Waals surface area (Å²) >= 11 is 0. The molecular weight excluding hydrogens is 750 g/mol. The Balaban J connectivity index is 0.00000338. The molecule has 0 saturated heterocycles. The van der Waals surface area contributed by atoms with E-state index in [-0.39, 0.29) is 21.1 Å². The van der Waals surface area contributed by atoms with Crippen molar-refractivity contribution in [2.24, 2.45) is 0 Å². The van der Waals surface area contributed by atoms with E-state index >= 15 is 0 Å².